The third-order valence-electron chi connectivity index (χ3n) is 3.59. The number of methoxy groups -OCH3 is 2. The molecule has 0 aliphatic heterocycles. The highest BCUT2D eigenvalue weighted by molar-refractivity contribution is 6.31. The Labute approximate surface area is 133 Å². The normalized spacial score (nSPS) is 11.0. The standard InChI is InChI=1S/C16H27ClN2O2/c1-5-19(6-2)9-7-8-18-12-13-10-15(20-3)16(21-4)11-14(13)17/h10-11,18H,5-9,12H2,1-4H3. The van der Waals surface area contributed by atoms with E-state index in [4.69, 9.17) is 21.1 Å². The number of nitrogens with zero attached hydrogens (tertiary/aromatic N) is 1. The first kappa shape index (κ1) is 18.1. The summed E-state index contributed by atoms with van der Waals surface area (Å²) in [6, 6.07) is 3.73. The van der Waals surface area contributed by atoms with Gasteiger partial charge in [-0.3, -0.25) is 0 Å². The number of rotatable bonds is 10. The highest BCUT2D eigenvalue weighted by Crippen LogP contribution is 2.32. The molecule has 0 bridgehead atoms. The van der Waals surface area contributed by atoms with Crippen molar-refractivity contribution in [3.63, 3.8) is 0 Å². The van der Waals surface area contributed by atoms with Crippen LogP contribution in [0.1, 0.15) is 25.8 Å². The predicted octanol–water partition coefficient (Wildman–Crippen LogP) is 3.18. The summed E-state index contributed by atoms with van der Waals surface area (Å²) in [4.78, 5) is 2.42. The largest absolute Gasteiger partial charge is 0.493 e. The van der Waals surface area contributed by atoms with Crippen LogP contribution in [0.5, 0.6) is 11.5 Å². The fraction of sp³-hybridized carbons (Fsp3) is 0.625. The molecule has 0 aromatic heterocycles. The van der Waals surface area contributed by atoms with Crippen molar-refractivity contribution in [3.8, 4) is 11.5 Å². The number of benzene rings is 1. The van der Waals surface area contributed by atoms with E-state index in [-0.39, 0.29) is 0 Å². The van der Waals surface area contributed by atoms with Crippen LogP contribution in [0.25, 0.3) is 0 Å². The quantitative estimate of drug-likeness (QED) is 0.673. The van der Waals surface area contributed by atoms with Crippen molar-refractivity contribution >= 4 is 11.6 Å². The number of nitrogens with one attached hydrogen (secondary N) is 1. The minimum Gasteiger partial charge on any atom is -0.493 e. The van der Waals surface area contributed by atoms with Crippen molar-refractivity contribution in [2.45, 2.75) is 26.8 Å². The van der Waals surface area contributed by atoms with Crippen LogP contribution < -0.4 is 14.8 Å². The Morgan fingerprint density at radius 3 is 2.29 bits per heavy atom. The topological polar surface area (TPSA) is 33.7 Å². The molecule has 5 heteroatoms. The van der Waals surface area contributed by atoms with E-state index in [1.807, 2.05) is 6.07 Å². The van der Waals surface area contributed by atoms with Gasteiger partial charge in [0, 0.05) is 17.6 Å². The smallest absolute Gasteiger partial charge is 0.162 e. The van der Waals surface area contributed by atoms with Crippen molar-refractivity contribution < 1.29 is 9.47 Å². The molecule has 1 aromatic rings. The van der Waals surface area contributed by atoms with Crippen molar-refractivity contribution in [1.29, 1.82) is 0 Å². The third-order valence-corrected chi connectivity index (χ3v) is 3.94. The van der Waals surface area contributed by atoms with E-state index in [1.54, 1.807) is 20.3 Å². The summed E-state index contributed by atoms with van der Waals surface area (Å²) in [5.74, 6) is 1.37. The minimum absolute atomic E-state index is 0.660. The van der Waals surface area contributed by atoms with Gasteiger partial charge < -0.3 is 19.7 Å². The molecule has 0 heterocycles. The zero-order valence-corrected chi connectivity index (χ0v) is 14.3. The van der Waals surface area contributed by atoms with E-state index in [0.29, 0.717) is 16.5 Å². The van der Waals surface area contributed by atoms with Crippen molar-refractivity contribution in [1.82, 2.24) is 10.2 Å². The maximum atomic E-state index is 6.26. The molecule has 21 heavy (non-hydrogen) atoms. The zero-order chi connectivity index (χ0) is 15.7. The lowest BCUT2D eigenvalue weighted by Crippen LogP contribution is -2.27. The second-order valence-corrected chi connectivity index (χ2v) is 5.26. The first-order chi connectivity index (χ1) is 10.2. The summed E-state index contributed by atoms with van der Waals surface area (Å²) in [7, 11) is 3.24. The molecule has 0 fully saturated rings. The Morgan fingerprint density at radius 1 is 1.10 bits per heavy atom. The highest BCUT2D eigenvalue weighted by Gasteiger charge is 2.09. The molecule has 0 unspecified atom stereocenters. The van der Waals surface area contributed by atoms with Crippen LogP contribution in [0, 0.1) is 0 Å². The van der Waals surface area contributed by atoms with Crippen LogP contribution in [0.4, 0.5) is 0 Å². The molecule has 0 radical (unpaired) electrons. The number of ether oxygens (including phenoxy) is 2. The Morgan fingerprint density at radius 2 is 1.71 bits per heavy atom. The van der Waals surface area contributed by atoms with Crippen LogP contribution in [-0.4, -0.2) is 45.3 Å². The average molecular weight is 315 g/mol. The maximum absolute atomic E-state index is 6.26. The molecular weight excluding hydrogens is 288 g/mol. The lowest BCUT2D eigenvalue weighted by atomic mass is 10.2. The van der Waals surface area contributed by atoms with E-state index in [1.165, 1.54) is 0 Å². The summed E-state index contributed by atoms with van der Waals surface area (Å²) in [5, 5.41) is 4.13. The van der Waals surface area contributed by atoms with Gasteiger partial charge >= 0.3 is 0 Å². The van der Waals surface area contributed by atoms with Gasteiger partial charge in [0.1, 0.15) is 0 Å². The van der Waals surface area contributed by atoms with Crippen molar-refractivity contribution in [2.75, 3.05) is 40.4 Å². The zero-order valence-electron chi connectivity index (χ0n) is 13.5. The molecule has 1 N–H and O–H groups in total. The van der Waals surface area contributed by atoms with Gasteiger partial charge in [-0.1, -0.05) is 25.4 Å². The molecule has 0 saturated heterocycles. The minimum atomic E-state index is 0.660. The lowest BCUT2D eigenvalue weighted by molar-refractivity contribution is 0.298. The van der Waals surface area contributed by atoms with Crippen LogP contribution in [0.3, 0.4) is 0 Å². The molecule has 0 aliphatic rings. The first-order valence-corrected chi connectivity index (χ1v) is 7.87. The van der Waals surface area contributed by atoms with Crippen LogP contribution in [0.2, 0.25) is 5.02 Å². The lowest BCUT2D eigenvalue weighted by Gasteiger charge is -2.18. The van der Waals surface area contributed by atoms with Gasteiger partial charge in [0.05, 0.1) is 14.2 Å². The molecule has 0 amide bonds. The average Bonchev–Trinajstić information content (AvgIpc) is 2.51. The Kier molecular flexibility index (Phi) is 8.50. The van der Waals surface area contributed by atoms with Gasteiger partial charge in [0.15, 0.2) is 11.5 Å². The van der Waals surface area contributed by atoms with Crippen LogP contribution in [-0.2, 0) is 6.54 Å². The number of hydrogen-bond acceptors (Lipinski definition) is 4. The molecule has 1 rings (SSSR count). The van der Waals surface area contributed by atoms with Crippen molar-refractivity contribution in [3.05, 3.63) is 22.7 Å². The molecule has 0 aliphatic carbocycles. The molecule has 0 saturated carbocycles. The fourth-order valence-corrected chi connectivity index (χ4v) is 2.44. The number of hydrogen-bond donors (Lipinski definition) is 1. The van der Waals surface area contributed by atoms with E-state index in [9.17, 15) is 0 Å². The third kappa shape index (κ3) is 5.73. The van der Waals surface area contributed by atoms with E-state index < -0.39 is 0 Å². The van der Waals surface area contributed by atoms with Gasteiger partial charge in [-0.05, 0) is 44.2 Å². The summed E-state index contributed by atoms with van der Waals surface area (Å²) >= 11 is 6.26. The number of halogens is 1. The Hall–Kier alpha value is -0.970. The summed E-state index contributed by atoms with van der Waals surface area (Å²) in [5.41, 5.74) is 1.03. The molecule has 4 nitrogen and oxygen atoms in total. The fourth-order valence-electron chi connectivity index (χ4n) is 2.22. The first-order valence-electron chi connectivity index (χ1n) is 7.49. The SMILES string of the molecule is CCN(CC)CCCNCc1cc(OC)c(OC)cc1Cl. The molecule has 0 spiro atoms. The van der Waals surface area contributed by atoms with Gasteiger partial charge in [0.25, 0.3) is 0 Å². The van der Waals surface area contributed by atoms with Crippen LogP contribution >= 0.6 is 11.6 Å². The molecule has 120 valence electrons. The van der Waals surface area contributed by atoms with Crippen molar-refractivity contribution in [2.24, 2.45) is 0 Å². The van der Waals surface area contributed by atoms with E-state index >= 15 is 0 Å². The second kappa shape index (κ2) is 9.87. The molecule has 1 aromatic carbocycles. The highest BCUT2D eigenvalue weighted by atomic mass is 35.5. The van der Waals surface area contributed by atoms with Gasteiger partial charge in [0.2, 0.25) is 0 Å². The Bertz CT molecular complexity index is 423. The molecule has 0 atom stereocenters. The Balaban J connectivity index is 2.45. The van der Waals surface area contributed by atoms with Gasteiger partial charge in [-0.25, -0.2) is 0 Å². The van der Waals surface area contributed by atoms with Gasteiger partial charge in [-0.2, -0.15) is 0 Å². The predicted molar refractivity (Wildman–Crippen MR) is 88.7 cm³/mol. The van der Waals surface area contributed by atoms with E-state index in [2.05, 4.69) is 24.1 Å². The summed E-state index contributed by atoms with van der Waals surface area (Å²) < 4.78 is 10.5. The van der Waals surface area contributed by atoms with Crippen LogP contribution in [0.15, 0.2) is 12.1 Å². The summed E-state index contributed by atoms with van der Waals surface area (Å²) in [6.07, 6.45) is 1.13. The molecular formula is C16H27ClN2O2. The second-order valence-electron chi connectivity index (χ2n) is 4.86. The monoisotopic (exact) mass is 314 g/mol. The van der Waals surface area contributed by atoms with Gasteiger partial charge in [-0.15, -0.1) is 0 Å². The van der Waals surface area contributed by atoms with E-state index in [0.717, 1.165) is 44.7 Å². The maximum Gasteiger partial charge on any atom is 0.162 e. The summed E-state index contributed by atoms with van der Waals surface area (Å²) in [6.45, 7) is 9.44.